The lowest BCUT2D eigenvalue weighted by atomic mass is 10.00. The maximum absolute atomic E-state index is 15.1. The predicted molar refractivity (Wildman–Crippen MR) is 136 cm³/mol. The van der Waals surface area contributed by atoms with Gasteiger partial charge in [0.05, 0.1) is 24.2 Å². The van der Waals surface area contributed by atoms with Gasteiger partial charge in [-0.15, -0.1) is 0 Å². The van der Waals surface area contributed by atoms with E-state index in [0.29, 0.717) is 39.3 Å². The molecule has 0 bridgehead atoms. The Hall–Kier alpha value is -3.45. The molecule has 0 fully saturated rings. The van der Waals surface area contributed by atoms with Gasteiger partial charge in [-0.2, -0.15) is 8.78 Å². The van der Waals surface area contributed by atoms with Gasteiger partial charge in [0, 0.05) is 26.9 Å². The van der Waals surface area contributed by atoms with E-state index < -0.39 is 18.4 Å². The summed E-state index contributed by atoms with van der Waals surface area (Å²) < 4.78 is 35.7. The predicted octanol–water partition coefficient (Wildman–Crippen LogP) is 6.92. The first-order valence-corrected chi connectivity index (χ1v) is 12.1. The second-order valence-corrected chi connectivity index (χ2v) is 9.35. The Labute approximate surface area is 207 Å². The summed E-state index contributed by atoms with van der Waals surface area (Å²) in [5, 5.41) is 3.08. The van der Waals surface area contributed by atoms with Gasteiger partial charge in [-0.1, -0.05) is 59.8 Å². The van der Waals surface area contributed by atoms with Crippen molar-refractivity contribution in [3.05, 3.63) is 95.2 Å². The van der Waals surface area contributed by atoms with Gasteiger partial charge in [0.2, 0.25) is 0 Å². The number of nitrogens with one attached hydrogen (secondary N) is 1. The first-order chi connectivity index (χ1) is 16.8. The summed E-state index contributed by atoms with van der Waals surface area (Å²) in [5.41, 5.74) is 2.24. The van der Waals surface area contributed by atoms with Gasteiger partial charge in [0.1, 0.15) is 5.75 Å². The highest BCUT2D eigenvalue weighted by molar-refractivity contribution is 7.99. The van der Waals surface area contributed by atoms with Gasteiger partial charge in [-0.05, 0) is 50.6 Å². The van der Waals surface area contributed by atoms with E-state index in [2.05, 4.69) is 10.3 Å². The Morgan fingerprint density at radius 1 is 1.06 bits per heavy atom. The lowest BCUT2D eigenvalue weighted by Crippen LogP contribution is -2.35. The number of carbonyl (C=O) groups excluding carboxylic acids is 1. The number of fused-ring (bicyclic) bond motifs is 1. The molecule has 180 valence electrons. The van der Waals surface area contributed by atoms with Crippen LogP contribution in [-0.4, -0.2) is 24.0 Å². The smallest absolute Gasteiger partial charge is 0.290 e. The number of alkyl halides is 2. The molecule has 0 aliphatic heterocycles. The number of hydrogen-bond donors (Lipinski definition) is 1. The van der Waals surface area contributed by atoms with Crippen LogP contribution in [0.15, 0.2) is 82.7 Å². The molecule has 0 saturated carbocycles. The number of aryl methyl sites for hydroxylation is 2. The third kappa shape index (κ3) is 5.62. The van der Waals surface area contributed by atoms with Crippen LogP contribution in [0.1, 0.15) is 34.0 Å². The zero-order chi connectivity index (χ0) is 25.0. The average molecular weight is 493 g/mol. The highest BCUT2D eigenvalue weighted by Gasteiger charge is 2.34. The standard InChI is InChI=1S/C28H26F2N2O2S/c1-4-34-20-8-7-9-21(15-20)35-25-16-31-24-11-6-5-10-22(24)26(25)27(33)32-17-28(29,30)23-13-12-18(2)14-19(23)3/h5-16H,4,17H2,1-3H3,(H,32,33). The molecule has 0 aliphatic rings. The highest BCUT2D eigenvalue weighted by atomic mass is 32.2. The van der Waals surface area contributed by atoms with E-state index in [0.717, 1.165) is 10.5 Å². The fourth-order valence-corrected chi connectivity index (χ4v) is 4.94. The van der Waals surface area contributed by atoms with E-state index in [1.54, 1.807) is 43.5 Å². The molecule has 0 saturated heterocycles. The SMILES string of the molecule is CCOc1cccc(Sc2cnc3ccccc3c2C(=O)NCC(F)(F)c2ccc(C)cc2C)c1. The molecule has 0 spiro atoms. The Balaban J connectivity index is 1.65. The third-order valence-electron chi connectivity index (χ3n) is 5.56. The van der Waals surface area contributed by atoms with Crippen molar-refractivity contribution < 1.29 is 18.3 Å². The quantitative estimate of drug-likeness (QED) is 0.290. The van der Waals surface area contributed by atoms with Crippen molar-refractivity contribution in [2.45, 2.75) is 36.5 Å². The monoisotopic (exact) mass is 492 g/mol. The van der Waals surface area contributed by atoms with Crippen molar-refractivity contribution in [2.75, 3.05) is 13.2 Å². The van der Waals surface area contributed by atoms with Crippen molar-refractivity contribution in [3.8, 4) is 5.75 Å². The molecule has 1 heterocycles. The molecular formula is C28H26F2N2O2S. The van der Waals surface area contributed by atoms with Gasteiger partial charge in [0.25, 0.3) is 11.8 Å². The molecule has 0 radical (unpaired) electrons. The summed E-state index contributed by atoms with van der Waals surface area (Å²) in [6.07, 6.45) is 1.61. The summed E-state index contributed by atoms with van der Waals surface area (Å²) in [4.78, 5) is 19.2. The topological polar surface area (TPSA) is 51.2 Å². The number of ether oxygens (including phenoxy) is 1. The molecule has 1 aromatic heterocycles. The van der Waals surface area contributed by atoms with E-state index in [1.807, 2.05) is 44.2 Å². The van der Waals surface area contributed by atoms with E-state index in [4.69, 9.17) is 4.74 Å². The minimum atomic E-state index is -3.21. The molecule has 35 heavy (non-hydrogen) atoms. The number of para-hydroxylation sites is 1. The summed E-state index contributed by atoms with van der Waals surface area (Å²) in [6, 6.07) is 19.5. The fraction of sp³-hybridized carbons (Fsp3) is 0.214. The van der Waals surface area contributed by atoms with Crippen molar-refractivity contribution in [2.24, 2.45) is 0 Å². The minimum absolute atomic E-state index is 0.0923. The number of hydrogen-bond acceptors (Lipinski definition) is 4. The van der Waals surface area contributed by atoms with E-state index in [1.165, 1.54) is 17.8 Å². The van der Waals surface area contributed by atoms with E-state index in [9.17, 15) is 4.79 Å². The lowest BCUT2D eigenvalue weighted by molar-refractivity contribution is -0.00308. The number of pyridine rings is 1. The maximum Gasteiger partial charge on any atom is 0.290 e. The second kappa shape index (κ2) is 10.4. The van der Waals surface area contributed by atoms with Gasteiger partial charge < -0.3 is 10.1 Å². The number of carbonyl (C=O) groups is 1. The second-order valence-electron chi connectivity index (χ2n) is 8.23. The summed E-state index contributed by atoms with van der Waals surface area (Å²) in [6.45, 7) is 5.14. The van der Waals surface area contributed by atoms with Crippen LogP contribution in [0.4, 0.5) is 8.78 Å². The molecule has 4 aromatic rings. The molecule has 1 N–H and O–H groups in total. The van der Waals surface area contributed by atoms with Gasteiger partial charge in [0.15, 0.2) is 0 Å². The van der Waals surface area contributed by atoms with Crippen LogP contribution in [-0.2, 0) is 5.92 Å². The van der Waals surface area contributed by atoms with Crippen molar-refractivity contribution in [3.63, 3.8) is 0 Å². The molecular weight excluding hydrogens is 466 g/mol. The van der Waals surface area contributed by atoms with E-state index in [-0.39, 0.29) is 5.56 Å². The van der Waals surface area contributed by atoms with Gasteiger partial charge >= 0.3 is 0 Å². The molecule has 4 rings (SSSR count). The van der Waals surface area contributed by atoms with Crippen molar-refractivity contribution >= 4 is 28.6 Å². The van der Waals surface area contributed by atoms with Crippen LogP contribution in [0.3, 0.4) is 0 Å². The Kier molecular flexibility index (Phi) is 7.36. The molecule has 4 nitrogen and oxygen atoms in total. The minimum Gasteiger partial charge on any atom is -0.494 e. The Morgan fingerprint density at radius 2 is 1.86 bits per heavy atom. The van der Waals surface area contributed by atoms with Crippen LogP contribution in [0.2, 0.25) is 0 Å². The molecule has 1 amide bonds. The molecule has 3 aromatic carbocycles. The average Bonchev–Trinajstić information content (AvgIpc) is 2.83. The number of rotatable bonds is 8. The van der Waals surface area contributed by atoms with Crippen molar-refractivity contribution in [1.82, 2.24) is 10.3 Å². The normalized spacial score (nSPS) is 11.5. The number of aromatic nitrogens is 1. The zero-order valence-corrected chi connectivity index (χ0v) is 20.6. The highest BCUT2D eigenvalue weighted by Crippen LogP contribution is 2.35. The van der Waals surface area contributed by atoms with Gasteiger partial charge in [-0.25, -0.2) is 0 Å². The van der Waals surface area contributed by atoms with Crippen LogP contribution in [0, 0.1) is 13.8 Å². The largest absolute Gasteiger partial charge is 0.494 e. The Morgan fingerprint density at radius 3 is 2.63 bits per heavy atom. The first-order valence-electron chi connectivity index (χ1n) is 11.3. The van der Waals surface area contributed by atoms with Crippen LogP contribution in [0.25, 0.3) is 10.9 Å². The van der Waals surface area contributed by atoms with Crippen LogP contribution >= 0.6 is 11.8 Å². The molecule has 0 aliphatic carbocycles. The third-order valence-corrected chi connectivity index (χ3v) is 6.58. The number of halogens is 2. The van der Waals surface area contributed by atoms with Gasteiger partial charge in [-0.3, -0.25) is 9.78 Å². The number of benzene rings is 3. The molecule has 0 unspecified atom stereocenters. The summed E-state index contributed by atoms with van der Waals surface area (Å²) in [5.74, 6) is -3.07. The fourth-order valence-electron chi connectivity index (χ4n) is 3.95. The summed E-state index contributed by atoms with van der Waals surface area (Å²) in [7, 11) is 0. The first kappa shape index (κ1) is 24.7. The van der Waals surface area contributed by atoms with E-state index >= 15 is 8.78 Å². The molecule has 7 heteroatoms. The number of amides is 1. The summed E-state index contributed by atoms with van der Waals surface area (Å²) >= 11 is 1.34. The van der Waals surface area contributed by atoms with Crippen LogP contribution < -0.4 is 10.1 Å². The van der Waals surface area contributed by atoms with Crippen LogP contribution in [0.5, 0.6) is 5.75 Å². The molecule has 0 atom stereocenters. The number of nitrogens with zero attached hydrogens (tertiary/aromatic N) is 1. The van der Waals surface area contributed by atoms with Crippen molar-refractivity contribution in [1.29, 1.82) is 0 Å². The Bertz CT molecular complexity index is 1370. The lowest BCUT2D eigenvalue weighted by Gasteiger charge is -2.20. The zero-order valence-electron chi connectivity index (χ0n) is 19.8. The maximum atomic E-state index is 15.1.